The summed E-state index contributed by atoms with van der Waals surface area (Å²) < 4.78 is 0. The van der Waals surface area contributed by atoms with Crippen molar-refractivity contribution in [3.05, 3.63) is 45.7 Å². The molecule has 1 aliphatic rings. The maximum Gasteiger partial charge on any atom is 0.144 e. The SMILES string of the molecule is Cc1cc(Sc2c(N)ccnc2Cl)c(C)c2c1C(C)(C)CCC2(C)C. The number of fused-ring (bicyclic) bond motifs is 1. The van der Waals surface area contributed by atoms with Gasteiger partial charge in [0.15, 0.2) is 0 Å². The van der Waals surface area contributed by atoms with Gasteiger partial charge in [-0.15, -0.1) is 0 Å². The van der Waals surface area contributed by atoms with Gasteiger partial charge in [-0.05, 0) is 71.9 Å². The fourth-order valence-corrected chi connectivity index (χ4v) is 5.55. The van der Waals surface area contributed by atoms with Crippen LogP contribution in [-0.2, 0) is 10.8 Å². The van der Waals surface area contributed by atoms with Crippen LogP contribution in [0.15, 0.2) is 28.1 Å². The van der Waals surface area contributed by atoms with Crippen molar-refractivity contribution in [1.82, 2.24) is 4.98 Å². The summed E-state index contributed by atoms with van der Waals surface area (Å²) in [4.78, 5) is 6.26. The van der Waals surface area contributed by atoms with Gasteiger partial charge in [-0.3, -0.25) is 0 Å². The molecule has 1 aromatic heterocycles. The summed E-state index contributed by atoms with van der Waals surface area (Å²) in [6, 6.07) is 4.10. The molecule has 25 heavy (non-hydrogen) atoms. The van der Waals surface area contributed by atoms with E-state index in [2.05, 4.69) is 52.6 Å². The average Bonchev–Trinajstić information content (AvgIpc) is 2.50. The third-order valence-electron chi connectivity index (χ3n) is 5.57. The van der Waals surface area contributed by atoms with E-state index in [4.69, 9.17) is 17.3 Å². The molecular weight excluding hydrogens is 348 g/mol. The first-order valence-electron chi connectivity index (χ1n) is 8.77. The molecule has 0 saturated heterocycles. The quantitative estimate of drug-likeness (QED) is 0.615. The van der Waals surface area contributed by atoms with Crippen LogP contribution in [0, 0.1) is 13.8 Å². The monoisotopic (exact) mass is 374 g/mol. The van der Waals surface area contributed by atoms with Crippen molar-refractivity contribution in [2.45, 2.75) is 75.0 Å². The Balaban J connectivity index is 2.20. The summed E-state index contributed by atoms with van der Waals surface area (Å²) in [5.74, 6) is 0. The Morgan fingerprint density at radius 3 is 2.28 bits per heavy atom. The molecule has 0 spiro atoms. The first-order valence-corrected chi connectivity index (χ1v) is 9.97. The fourth-order valence-electron chi connectivity index (χ4n) is 4.23. The first-order chi connectivity index (χ1) is 11.5. The van der Waals surface area contributed by atoms with Crippen molar-refractivity contribution >= 4 is 29.1 Å². The summed E-state index contributed by atoms with van der Waals surface area (Å²) in [7, 11) is 0. The van der Waals surface area contributed by atoms with Crippen molar-refractivity contribution in [1.29, 1.82) is 0 Å². The minimum Gasteiger partial charge on any atom is -0.398 e. The summed E-state index contributed by atoms with van der Waals surface area (Å²) in [5.41, 5.74) is 13.0. The highest BCUT2D eigenvalue weighted by Crippen LogP contribution is 2.51. The molecule has 0 unspecified atom stereocenters. The van der Waals surface area contributed by atoms with Crippen LogP contribution in [0.25, 0.3) is 0 Å². The van der Waals surface area contributed by atoms with Gasteiger partial charge in [0.25, 0.3) is 0 Å². The Morgan fingerprint density at radius 2 is 1.68 bits per heavy atom. The van der Waals surface area contributed by atoms with Crippen molar-refractivity contribution in [2.75, 3.05) is 5.73 Å². The Labute approximate surface area is 160 Å². The molecule has 0 aliphatic heterocycles. The lowest BCUT2D eigenvalue weighted by Gasteiger charge is -2.44. The zero-order valence-corrected chi connectivity index (χ0v) is 17.5. The summed E-state index contributed by atoms with van der Waals surface area (Å²) in [5, 5.41) is 0.472. The number of anilines is 1. The number of benzene rings is 1. The molecule has 1 aliphatic carbocycles. The lowest BCUT2D eigenvalue weighted by atomic mass is 9.61. The van der Waals surface area contributed by atoms with Gasteiger partial charge in [0, 0.05) is 11.1 Å². The minimum atomic E-state index is 0.181. The Morgan fingerprint density at radius 1 is 1.08 bits per heavy atom. The lowest BCUT2D eigenvalue weighted by Crippen LogP contribution is -2.35. The third kappa shape index (κ3) is 3.17. The van der Waals surface area contributed by atoms with Crippen LogP contribution in [-0.4, -0.2) is 4.98 Å². The van der Waals surface area contributed by atoms with E-state index in [1.807, 2.05) is 6.07 Å². The molecule has 4 heteroatoms. The smallest absolute Gasteiger partial charge is 0.144 e. The molecule has 1 heterocycles. The predicted octanol–water partition coefficient (Wildman–Crippen LogP) is 6.43. The average molecular weight is 375 g/mol. The van der Waals surface area contributed by atoms with E-state index in [1.165, 1.54) is 40.0 Å². The number of hydrogen-bond acceptors (Lipinski definition) is 3. The number of nitrogens with two attached hydrogens (primary N) is 1. The van der Waals surface area contributed by atoms with Crippen LogP contribution in [0.5, 0.6) is 0 Å². The van der Waals surface area contributed by atoms with Crippen LogP contribution >= 0.6 is 23.4 Å². The second kappa shape index (κ2) is 6.21. The topological polar surface area (TPSA) is 38.9 Å². The number of aryl methyl sites for hydroxylation is 1. The highest BCUT2D eigenvalue weighted by atomic mass is 35.5. The van der Waals surface area contributed by atoms with E-state index in [9.17, 15) is 0 Å². The number of nitrogen functional groups attached to an aromatic ring is 1. The first kappa shape index (κ1) is 18.6. The van der Waals surface area contributed by atoms with Crippen molar-refractivity contribution < 1.29 is 0 Å². The number of halogens is 1. The second-order valence-corrected chi connectivity index (χ2v) is 9.87. The summed E-state index contributed by atoms with van der Waals surface area (Å²) in [6.45, 7) is 14.0. The molecule has 0 atom stereocenters. The lowest BCUT2D eigenvalue weighted by molar-refractivity contribution is 0.328. The standard InChI is InChI=1S/C21H27ClN2S/c1-12-11-15(25-18-14(23)7-10-24-19(18)22)13(2)17-16(12)20(3,4)8-9-21(17,5)6/h7,10-11H,8-9H2,1-6H3,(H2,23,24). The highest BCUT2D eigenvalue weighted by Gasteiger charge is 2.39. The molecule has 134 valence electrons. The van der Waals surface area contributed by atoms with Crippen LogP contribution in [0.1, 0.15) is 62.8 Å². The van der Waals surface area contributed by atoms with Crippen LogP contribution in [0.2, 0.25) is 5.15 Å². The number of rotatable bonds is 2. The molecule has 2 N–H and O–H groups in total. The third-order valence-corrected chi connectivity index (χ3v) is 7.24. The molecule has 3 rings (SSSR count). The van der Waals surface area contributed by atoms with E-state index < -0.39 is 0 Å². The van der Waals surface area contributed by atoms with Gasteiger partial charge >= 0.3 is 0 Å². The van der Waals surface area contributed by atoms with Crippen molar-refractivity contribution in [3.8, 4) is 0 Å². The van der Waals surface area contributed by atoms with Gasteiger partial charge in [0.05, 0.1) is 10.6 Å². The maximum absolute atomic E-state index is 6.30. The molecule has 0 radical (unpaired) electrons. The van der Waals surface area contributed by atoms with Crippen LogP contribution < -0.4 is 5.73 Å². The van der Waals surface area contributed by atoms with Crippen molar-refractivity contribution in [2.24, 2.45) is 0 Å². The molecule has 0 fully saturated rings. The predicted molar refractivity (Wildman–Crippen MR) is 109 cm³/mol. The zero-order valence-electron chi connectivity index (χ0n) is 16.0. The van der Waals surface area contributed by atoms with E-state index in [1.54, 1.807) is 18.0 Å². The fraction of sp³-hybridized carbons (Fsp3) is 0.476. The number of pyridine rings is 1. The largest absolute Gasteiger partial charge is 0.398 e. The van der Waals surface area contributed by atoms with Crippen LogP contribution in [0.4, 0.5) is 5.69 Å². The molecule has 0 saturated carbocycles. The maximum atomic E-state index is 6.30. The Bertz CT molecular complexity index is 820. The van der Waals surface area contributed by atoms with E-state index >= 15 is 0 Å². The van der Waals surface area contributed by atoms with Gasteiger partial charge in [-0.25, -0.2) is 4.98 Å². The van der Waals surface area contributed by atoms with Gasteiger partial charge in [0.1, 0.15) is 5.15 Å². The normalized spacial score (nSPS) is 18.0. The molecule has 2 aromatic rings. The molecule has 1 aromatic carbocycles. The summed E-state index contributed by atoms with van der Waals surface area (Å²) >= 11 is 7.94. The van der Waals surface area contributed by atoms with E-state index in [-0.39, 0.29) is 10.8 Å². The van der Waals surface area contributed by atoms with Gasteiger partial charge in [-0.2, -0.15) is 0 Å². The molecule has 2 nitrogen and oxygen atoms in total. The van der Waals surface area contributed by atoms with Crippen LogP contribution in [0.3, 0.4) is 0 Å². The highest BCUT2D eigenvalue weighted by molar-refractivity contribution is 7.99. The van der Waals surface area contributed by atoms with Gasteiger partial charge in [-0.1, -0.05) is 51.1 Å². The number of hydrogen-bond donors (Lipinski definition) is 1. The van der Waals surface area contributed by atoms with Crippen molar-refractivity contribution in [3.63, 3.8) is 0 Å². The van der Waals surface area contributed by atoms with Gasteiger partial charge in [0.2, 0.25) is 0 Å². The van der Waals surface area contributed by atoms with E-state index in [0.717, 1.165) is 4.90 Å². The number of aromatic nitrogens is 1. The summed E-state index contributed by atoms with van der Waals surface area (Å²) in [6.07, 6.45) is 4.08. The zero-order chi connectivity index (χ0) is 18.6. The van der Waals surface area contributed by atoms with Gasteiger partial charge < -0.3 is 5.73 Å². The number of nitrogens with zero attached hydrogens (tertiary/aromatic N) is 1. The molecule has 0 amide bonds. The Kier molecular flexibility index (Phi) is 4.62. The second-order valence-electron chi connectivity index (χ2n) is 8.46. The van der Waals surface area contributed by atoms with E-state index in [0.29, 0.717) is 10.8 Å². The molecule has 0 bridgehead atoms. The Hall–Kier alpha value is -1.19. The minimum absolute atomic E-state index is 0.181. The molecular formula is C21H27ClN2S.